The molecule has 23 heavy (non-hydrogen) atoms. The number of carbonyl (C=O) groups is 1. The number of nitrogens with zero attached hydrogens (tertiary/aromatic N) is 1. The minimum Gasteiger partial charge on any atom is -0.351 e. The van der Waals surface area contributed by atoms with E-state index in [2.05, 4.69) is 16.7 Å². The van der Waals surface area contributed by atoms with Crippen molar-refractivity contribution >= 4 is 27.3 Å². The van der Waals surface area contributed by atoms with Crippen LogP contribution < -0.4 is 10.6 Å². The zero-order chi connectivity index (χ0) is 16.3. The monoisotopic (exact) mass is 355 g/mol. The topological polar surface area (TPSA) is 78.5 Å². The van der Waals surface area contributed by atoms with Crippen LogP contribution in [0.4, 0.5) is 0 Å². The van der Waals surface area contributed by atoms with E-state index in [-0.39, 0.29) is 5.91 Å². The van der Waals surface area contributed by atoms with Gasteiger partial charge in [0.25, 0.3) is 10.0 Å². The SMILES string of the molecule is O=C(NCC1=CCNCC1)C1CCCN1S(=O)(=O)c1cccs1. The maximum absolute atomic E-state index is 12.7. The Balaban J connectivity index is 1.66. The number of carbonyl (C=O) groups excluding carboxylic acids is 1. The molecule has 0 saturated carbocycles. The van der Waals surface area contributed by atoms with E-state index in [9.17, 15) is 13.2 Å². The summed E-state index contributed by atoms with van der Waals surface area (Å²) in [6.45, 7) is 2.66. The van der Waals surface area contributed by atoms with E-state index in [4.69, 9.17) is 0 Å². The fourth-order valence-corrected chi connectivity index (χ4v) is 5.74. The quantitative estimate of drug-likeness (QED) is 0.771. The van der Waals surface area contributed by atoms with Crippen molar-refractivity contribution in [3.8, 4) is 0 Å². The highest BCUT2D eigenvalue weighted by molar-refractivity contribution is 7.91. The van der Waals surface area contributed by atoms with Crippen LogP contribution in [-0.2, 0) is 14.8 Å². The molecule has 2 N–H and O–H groups in total. The molecule has 1 aromatic rings. The number of amides is 1. The van der Waals surface area contributed by atoms with Gasteiger partial charge >= 0.3 is 0 Å². The molecule has 1 aromatic heterocycles. The second-order valence-corrected chi connectivity index (χ2v) is 8.81. The highest BCUT2D eigenvalue weighted by Gasteiger charge is 2.39. The Morgan fingerprint density at radius 3 is 3.04 bits per heavy atom. The minimum absolute atomic E-state index is 0.193. The van der Waals surface area contributed by atoms with E-state index in [1.54, 1.807) is 17.5 Å². The number of hydrogen-bond acceptors (Lipinski definition) is 5. The fraction of sp³-hybridized carbons (Fsp3) is 0.533. The number of nitrogens with one attached hydrogen (secondary N) is 2. The van der Waals surface area contributed by atoms with Gasteiger partial charge < -0.3 is 10.6 Å². The maximum Gasteiger partial charge on any atom is 0.253 e. The Morgan fingerprint density at radius 1 is 1.48 bits per heavy atom. The molecule has 1 atom stereocenters. The summed E-state index contributed by atoms with van der Waals surface area (Å²) in [6, 6.07) is 2.71. The maximum atomic E-state index is 12.7. The summed E-state index contributed by atoms with van der Waals surface area (Å²) < 4.78 is 27.0. The van der Waals surface area contributed by atoms with E-state index in [0.717, 1.165) is 25.9 Å². The van der Waals surface area contributed by atoms with Crippen LogP contribution >= 0.6 is 11.3 Å². The largest absolute Gasteiger partial charge is 0.351 e. The van der Waals surface area contributed by atoms with Gasteiger partial charge in [-0.25, -0.2) is 8.42 Å². The molecule has 3 heterocycles. The minimum atomic E-state index is -3.57. The highest BCUT2D eigenvalue weighted by atomic mass is 32.2. The number of sulfonamides is 1. The lowest BCUT2D eigenvalue weighted by molar-refractivity contribution is -0.124. The molecule has 0 bridgehead atoms. The molecule has 2 aliphatic heterocycles. The number of hydrogen-bond donors (Lipinski definition) is 2. The molecule has 1 unspecified atom stereocenters. The van der Waals surface area contributed by atoms with Gasteiger partial charge in [0.1, 0.15) is 10.3 Å². The van der Waals surface area contributed by atoms with Crippen LogP contribution in [0.5, 0.6) is 0 Å². The molecule has 1 amide bonds. The molecule has 6 nitrogen and oxygen atoms in total. The molecule has 1 saturated heterocycles. The van der Waals surface area contributed by atoms with Gasteiger partial charge in [0, 0.05) is 19.6 Å². The third-order valence-corrected chi connectivity index (χ3v) is 7.49. The standard InChI is InChI=1S/C15H21N3O3S2/c19-15(17-11-12-5-7-16-8-6-12)13-3-1-9-18(13)23(20,21)14-4-2-10-22-14/h2,4-5,10,13,16H,1,3,6-9,11H2,(H,17,19). The Morgan fingerprint density at radius 2 is 2.35 bits per heavy atom. The molecular weight excluding hydrogens is 334 g/mol. The molecule has 0 aromatic carbocycles. The summed E-state index contributed by atoms with van der Waals surface area (Å²) >= 11 is 1.19. The fourth-order valence-electron chi connectivity index (χ4n) is 2.96. The predicted octanol–water partition coefficient (Wildman–Crippen LogP) is 0.937. The first-order chi connectivity index (χ1) is 11.1. The Kier molecular flexibility index (Phi) is 5.15. The number of thiophene rings is 1. The molecule has 8 heteroatoms. The van der Waals surface area contributed by atoms with Crippen molar-refractivity contribution in [1.29, 1.82) is 0 Å². The molecule has 126 valence electrons. The first kappa shape index (κ1) is 16.6. The van der Waals surface area contributed by atoms with Gasteiger partial charge in [0.2, 0.25) is 5.91 Å². The van der Waals surface area contributed by atoms with Crippen LogP contribution in [0.1, 0.15) is 19.3 Å². The summed E-state index contributed by atoms with van der Waals surface area (Å²) in [7, 11) is -3.57. The molecular formula is C15H21N3O3S2. The lowest BCUT2D eigenvalue weighted by Gasteiger charge is -2.23. The average Bonchev–Trinajstić information content (AvgIpc) is 3.25. The predicted molar refractivity (Wildman–Crippen MR) is 89.8 cm³/mol. The Labute approximate surface area is 140 Å². The van der Waals surface area contributed by atoms with Crippen LogP contribution in [0.15, 0.2) is 33.4 Å². The van der Waals surface area contributed by atoms with E-state index >= 15 is 0 Å². The van der Waals surface area contributed by atoms with Crippen molar-refractivity contribution in [2.75, 3.05) is 26.2 Å². The summed E-state index contributed by atoms with van der Waals surface area (Å²) in [4.78, 5) is 12.5. The zero-order valence-electron chi connectivity index (χ0n) is 12.8. The first-order valence-corrected chi connectivity index (χ1v) is 10.1. The average molecular weight is 355 g/mol. The van der Waals surface area contributed by atoms with Gasteiger partial charge in [-0.05, 0) is 37.3 Å². The summed E-state index contributed by atoms with van der Waals surface area (Å²) in [5, 5.41) is 7.87. The van der Waals surface area contributed by atoms with Gasteiger partial charge in [-0.2, -0.15) is 4.31 Å². The second kappa shape index (κ2) is 7.12. The van der Waals surface area contributed by atoms with Crippen molar-refractivity contribution in [3.63, 3.8) is 0 Å². The third kappa shape index (κ3) is 3.65. The van der Waals surface area contributed by atoms with Crippen LogP contribution in [0.25, 0.3) is 0 Å². The van der Waals surface area contributed by atoms with E-state index < -0.39 is 16.1 Å². The van der Waals surface area contributed by atoms with Crippen LogP contribution in [0.2, 0.25) is 0 Å². The van der Waals surface area contributed by atoms with Crippen molar-refractivity contribution < 1.29 is 13.2 Å². The normalized spacial score (nSPS) is 22.8. The number of rotatable bonds is 5. The molecule has 1 fully saturated rings. The van der Waals surface area contributed by atoms with E-state index in [1.165, 1.54) is 21.2 Å². The van der Waals surface area contributed by atoms with Gasteiger partial charge in [0.05, 0.1) is 0 Å². The van der Waals surface area contributed by atoms with Crippen LogP contribution in [-0.4, -0.2) is 50.9 Å². The molecule has 3 rings (SSSR count). The lowest BCUT2D eigenvalue weighted by atomic mass is 10.1. The van der Waals surface area contributed by atoms with Gasteiger partial charge in [-0.15, -0.1) is 11.3 Å². The van der Waals surface area contributed by atoms with Crippen molar-refractivity contribution in [2.45, 2.75) is 29.5 Å². The second-order valence-electron chi connectivity index (χ2n) is 5.74. The summed E-state index contributed by atoms with van der Waals surface area (Å²) in [5.74, 6) is -0.193. The molecule has 0 aliphatic carbocycles. The highest BCUT2D eigenvalue weighted by Crippen LogP contribution is 2.28. The van der Waals surface area contributed by atoms with Crippen LogP contribution in [0.3, 0.4) is 0 Å². The van der Waals surface area contributed by atoms with Gasteiger partial charge in [-0.3, -0.25) is 4.79 Å². The van der Waals surface area contributed by atoms with E-state index in [0.29, 0.717) is 23.7 Å². The molecule has 0 radical (unpaired) electrons. The smallest absolute Gasteiger partial charge is 0.253 e. The van der Waals surface area contributed by atoms with Crippen molar-refractivity contribution in [3.05, 3.63) is 29.2 Å². The Hall–Kier alpha value is -1.22. The zero-order valence-corrected chi connectivity index (χ0v) is 14.5. The lowest BCUT2D eigenvalue weighted by Crippen LogP contribution is -2.46. The van der Waals surface area contributed by atoms with Gasteiger partial charge in [-0.1, -0.05) is 17.7 Å². The molecule has 2 aliphatic rings. The van der Waals surface area contributed by atoms with Gasteiger partial charge in [0.15, 0.2) is 0 Å². The Bertz CT molecular complexity index is 683. The summed E-state index contributed by atoms with van der Waals surface area (Å²) in [5.41, 5.74) is 1.20. The van der Waals surface area contributed by atoms with Crippen molar-refractivity contribution in [1.82, 2.24) is 14.9 Å². The van der Waals surface area contributed by atoms with E-state index in [1.807, 2.05) is 0 Å². The van der Waals surface area contributed by atoms with Crippen LogP contribution in [0, 0.1) is 0 Å². The third-order valence-electron chi connectivity index (χ3n) is 4.21. The molecule has 0 spiro atoms. The first-order valence-electron chi connectivity index (χ1n) is 7.81. The van der Waals surface area contributed by atoms with Crippen molar-refractivity contribution in [2.24, 2.45) is 0 Å². The summed E-state index contributed by atoms with van der Waals surface area (Å²) in [6.07, 6.45) is 4.30.